The van der Waals surface area contributed by atoms with Crippen LogP contribution in [0.1, 0.15) is 61.6 Å². The molecule has 0 radical (unpaired) electrons. The first-order valence-corrected chi connectivity index (χ1v) is 14.0. The van der Waals surface area contributed by atoms with Crippen LogP contribution in [0.15, 0.2) is 41.8 Å². The van der Waals surface area contributed by atoms with Crippen LogP contribution in [0.2, 0.25) is 0 Å². The van der Waals surface area contributed by atoms with Crippen molar-refractivity contribution in [3.63, 3.8) is 0 Å². The summed E-state index contributed by atoms with van der Waals surface area (Å²) in [7, 11) is 1.59. The third kappa shape index (κ3) is 4.32. The number of phenolic OH excluding ortho intramolecular Hbond substituents is 1. The SMILES string of the molecule is COc1c(O)ccc2c1-c1ccc3c(c1/C(=C/c1sccc1CN1CCCCC1)O2)C(C)=CC(C)(C)N3. The number of fused-ring (bicyclic) bond motifs is 5. The van der Waals surface area contributed by atoms with Gasteiger partial charge in [-0.2, -0.15) is 0 Å². The molecular formula is C31H34N2O3S. The number of anilines is 1. The Morgan fingerprint density at radius 3 is 2.68 bits per heavy atom. The Hall–Kier alpha value is -3.22. The monoisotopic (exact) mass is 514 g/mol. The summed E-state index contributed by atoms with van der Waals surface area (Å²) in [5.74, 6) is 2.05. The number of ether oxygens (including phenoxy) is 2. The number of piperidine rings is 1. The highest BCUT2D eigenvalue weighted by Crippen LogP contribution is 2.54. The molecule has 3 aliphatic rings. The van der Waals surface area contributed by atoms with E-state index in [4.69, 9.17) is 9.47 Å². The summed E-state index contributed by atoms with van der Waals surface area (Å²) in [5.41, 5.74) is 7.44. The summed E-state index contributed by atoms with van der Waals surface area (Å²) >= 11 is 1.76. The first-order chi connectivity index (χ1) is 17.8. The van der Waals surface area contributed by atoms with E-state index in [0.717, 1.165) is 40.2 Å². The third-order valence-electron chi connectivity index (χ3n) is 7.56. The molecule has 3 aromatic rings. The lowest BCUT2D eigenvalue weighted by Gasteiger charge is -2.35. The van der Waals surface area contributed by atoms with E-state index in [1.165, 1.54) is 48.4 Å². The van der Waals surface area contributed by atoms with E-state index in [-0.39, 0.29) is 11.3 Å². The van der Waals surface area contributed by atoms with Gasteiger partial charge in [0.1, 0.15) is 11.5 Å². The highest BCUT2D eigenvalue weighted by molar-refractivity contribution is 7.11. The first-order valence-electron chi connectivity index (χ1n) is 13.1. The van der Waals surface area contributed by atoms with Crippen LogP contribution in [0, 0.1) is 0 Å². The number of hydrogen-bond donors (Lipinski definition) is 2. The Labute approximate surface area is 223 Å². The van der Waals surface area contributed by atoms with Crippen molar-refractivity contribution in [2.75, 3.05) is 25.5 Å². The van der Waals surface area contributed by atoms with Gasteiger partial charge in [0.15, 0.2) is 11.5 Å². The van der Waals surface area contributed by atoms with Crippen molar-refractivity contribution in [1.29, 1.82) is 0 Å². The quantitative estimate of drug-likeness (QED) is 0.375. The van der Waals surface area contributed by atoms with Crippen LogP contribution in [0.25, 0.3) is 28.5 Å². The highest BCUT2D eigenvalue weighted by atomic mass is 32.1. The molecule has 0 atom stereocenters. The summed E-state index contributed by atoms with van der Waals surface area (Å²) in [5, 5.41) is 16.5. The fraction of sp³-hybridized carbons (Fsp3) is 0.355. The van der Waals surface area contributed by atoms with Crippen molar-refractivity contribution < 1.29 is 14.6 Å². The average molecular weight is 515 g/mol. The number of thiophene rings is 1. The number of allylic oxidation sites excluding steroid dienone is 1. The molecule has 37 heavy (non-hydrogen) atoms. The smallest absolute Gasteiger partial charge is 0.172 e. The molecular weight excluding hydrogens is 480 g/mol. The van der Waals surface area contributed by atoms with E-state index in [1.807, 2.05) is 6.07 Å². The Morgan fingerprint density at radius 1 is 1.08 bits per heavy atom. The van der Waals surface area contributed by atoms with Crippen molar-refractivity contribution in [3.05, 3.63) is 63.4 Å². The molecule has 0 unspecified atom stereocenters. The summed E-state index contributed by atoms with van der Waals surface area (Å²) in [6, 6.07) is 9.98. The average Bonchev–Trinajstić information content (AvgIpc) is 3.30. The van der Waals surface area contributed by atoms with E-state index in [1.54, 1.807) is 24.5 Å². The van der Waals surface area contributed by atoms with Gasteiger partial charge < -0.3 is 19.9 Å². The fourth-order valence-electron chi connectivity index (χ4n) is 6.03. The summed E-state index contributed by atoms with van der Waals surface area (Å²) < 4.78 is 12.3. The minimum atomic E-state index is -0.145. The molecule has 1 saturated heterocycles. The first kappa shape index (κ1) is 24.1. The maximum absolute atomic E-state index is 10.6. The minimum absolute atomic E-state index is 0.106. The molecule has 3 aliphatic heterocycles. The molecule has 6 heteroatoms. The van der Waals surface area contributed by atoms with Crippen LogP contribution < -0.4 is 14.8 Å². The van der Waals surface area contributed by atoms with Gasteiger partial charge in [0, 0.05) is 33.8 Å². The molecule has 1 fully saturated rings. The van der Waals surface area contributed by atoms with Crippen LogP contribution in [0.5, 0.6) is 17.2 Å². The second kappa shape index (κ2) is 9.26. The Balaban J connectivity index is 1.53. The Morgan fingerprint density at radius 2 is 1.89 bits per heavy atom. The Bertz CT molecular complexity index is 1430. The van der Waals surface area contributed by atoms with Crippen molar-refractivity contribution in [3.8, 4) is 28.4 Å². The number of rotatable bonds is 4. The van der Waals surface area contributed by atoms with Gasteiger partial charge in [-0.05, 0) is 93.6 Å². The van der Waals surface area contributed by atoms with E-state index >= 15 is 0 Å². The van der Waals surface area contributed by atoms with Crippen LogP contribution in [-0.2, 0) is 6.54 Å². The predicted molar refractivity (Wildman–Crippen MR) is 153 cm³/mol. The second-order valence-corrected chi connectivity index (χ2v) is 11.8. The summed E-state index contributed by atoms with van der Waals surface area (Å²) in [6.07, 6.45) is 8.38. The largest absolute Gasteiger partial charge is 0.504 e. The fourth-order valence-corrected chi connectivity index (χ4v) is 6.87. The maximum atomic E-state index is 10.6. The lowest BCUT2D eigenvalue weighted by atomic mass is 9.83. The Kier molecular flexibility index (Phi) is 6.04. The molecule has 1 aromatic heterocycles. The van der Waals surface area contributed by atoms with Gasteiger partial charge in [-0.25, -0.2) is 0 Å². The zero-order chi connectivity index (χ0) is 25.7. The second-order valence-electron chi connectivity index (χ2n) is 10.8. The maximum Gasteiger partial charge on any atom is 0.172 e. The summed E-state index contributed by atoms with van der Waals surface area (Å²) in [4.78, 5) is 3.79. The molecule has 6 rings (SSSR count). The molecule has 0 amide bonds. The molecule has 0 bridgehead atoms. The number of phenols is 1. The lowest BCUT2D eigenvalue weighted by Crippen LogP contribution is -2.32. The number of hydrogen-bond acceptors (Lipinski definition) is 6. The highest BCUT2D eigenvalue weighted by Gasteiger charge is 2.33. The van der Waals surface area contributed by atoms with Gasteiger partial charge in [0.25, 0.3) is 0 Å². The van der Waals surface area contributed by atoms with E-state index in [0.29, 0.717) is 11.5 Å². The molecule has 0 aliphatic carbocycles. The minimum Gasteiger partial charge on any atom is -0.504 e. The summed E-state index contributed by atoms with van der Waals surface area (Å²) in [6.45, 7) is 9.83. The van der Waals surface area contributed by atoms with Crippen molar-refractivity contribution in [1.82, 2.24) is 4.90 Å². The number of methoxy groups -OCH3 is 1. The van der Waals surface area contributed by atoms with Gasteiger partial charge in [0.2, 0.25) is 0 Å². The molecule has 0 saturated carbocycles. The molecule has 4 heterocycles. The number of aromatic hydroxyl groups is 1. The van der Waals surface area contributed by atoms with Gasteiger partial charge in [-0.1, -0.05) is 18.6 Å². The van der Waals surface area contributed by atoms with Gasteiger partial charge in [0.05, 0.1) is 18.2 Å². The van der Waals surface area contributed by atoms with Gasteiger partial charge in [-0.3, -0.25) is 4.90 Å². The molecule has 2 aromatic carbocycles. The van der Waals surface area contributed by atoms with Crippen molar-refractivity contribution in [2.24, 2.45) is 0 Å². The van der Waals surface area contributed by atoms with Crippen molar-refractivity contribution in [2.45, 2.75) is 52.1 Å². The van der Waals surface area contributed by atoms with Crippen LogP contribution in [0.4, 0.5) is 5.69 Å². The van der Waals surface area contributed by atoms with E-state index in [2.05, 4.69) is 66.7 Å². The third-order valence-corrected chi connectivity index (χ3v) is 8.46. The standard InChI is InChI=1S/C31H34N2O3S/c1-19-17-31(2,3)32-22-9-8-21-28(27(19)22)25(36-24-11-10-23(34)30(35-4)29(21)24)16-26-20(12-15-37-26)18-33-13-6-5-7-14-33/h8-12,15-17,32,34H,5-7,13-14,18H2,1-4H3/b25-16-. The topological polar surface area (TPSA) is 54.0 Å². The molecule has 5 nitrogen and oxygen atoms in total. The molecule has 192 valence electrons. The number of likely N-dealkylation sites (tertiary alicyclic amines) is 1. The number of benzene rings is 2. The molecule has 0 spiro atoms. The van der Waals surface area contributed by atoms with Crippen LogP contribution >= 0.6 is 11.3 Å². The number of nitrogens with one attached hydrogen (secondary N) is 1. The normalized spacial score (nSPS) is 19.2. The lowest BCUT2D eigenvalue weighted by molar-refractivity contribution is 0.221. The zero-order valence-electron chi connectivity index (χ0n) is 22.0. The zero-order valence-corrected chi connectivity index (χ0v) is 22.8. The van der Waals surface area contributed by atoms with E-state index in [9.17, 15) is 5.11 Å². The predicted octanol–water partition coefficient (Wildman–Crippen LogP) is 7.61. The van der Waals surface area contributed by atoms with Crippen LogP contribution in [-0.4, -0.2) is 35.7 Å². The van der Waals surface area contributed by atoms with Crippen molar-refractivity contribution >= 4 is 34.4 Å². The van der Waals surface area contributed by atoms with Gasteiger partial charge in [-0.15, -0.1) is 11.3 Å². The number of nitrogens with zero attached hydrogens (tertiary/aromatic N) is 1. The molecule has 2 N–H and O–H groups in total. The van der Waals surface area contributed by atoms with E-state index < -0.39 is 0 Å². The van der Waals surface area contributed by atoms with Crippen LogP contribution in [0.3, 0.4) is 0 Å². The van der Waals surface area contributed by atoms with Gasteiger partial charge >= 0.3 is 0 Å².